The second-order valence-electron chi connectivity index (χ2n) is 5.84. The zero-order valence-corrected chi connectivity index (χ0v) is 17.1. The number of nitrogens with one attached hydrogen (secondary N) is 2. The van der Waals surface area contributed by atoms with E-state index >= 15 is 0 Å². The molecule has 0 saturated carbocycles. The van der Waals surface area contributed by atoms with Crippen LogP contribution < -0.4 is 20.1 Å². The molecule has 3 rings (SSSR count). The van der Waals surface area contributed by atoms with Crippen molar-refractivity contribution in [2.24, 2.45) is 0 Å². The second kappa shape index (κ2) is 9.43. The van der Waals surface area contributed by atoms with E-state index in [4.69, 9.17) is 21.1 Å². The molecule has 0 fully saturated rings. The van der Waals surface area contributed by atoms with E-state index in [9.17, 15) is 4.79 Å². The van der Waals surface area contributed by atoms with E-state index in [-0.39, 0.29) is 5.91 Å². The highest BCUT2D eigenvalue weighted by molar-refractivity contribution is 7.14. The molecule has 0 aliphatic heterocycles. The quantitative estimate of drug-likeness (QED) is 0.563. The molecule has 2 N–H and O–H groups in total. The first-order valence-electron chi connectivity index (χ1n) is 8.57. The fourth-order valence-corrected chi connectivity index (χ4v) is 3.45. The van der Waals surface area contributed by atoms with E-state index in [1.165, 1.54) is 11.3 Å². The summed E-state index contributed by atoms with van der Waals surface area (Å²) in [4.78, 5) is 16.6. The number of halogens is 1. The van der Waals surface area contributed by atoms with Crippen molar-refractivity contribution < 1.29 is 14.3 Å². The lowest BCUT2D eigenvalue weighted by molar-refractivity contribution is 0.0950. The van der Waals surface area contributed by atoms with E-state index in [2.05, 4.69) is 15.6 Å². The van der Waals surface area contributed by atoms with Crippen LogP contribution in [-0.4, -0.2) is 31.7 Å². The minimum absolute atomic E-state index is 0.219. The molecule has 0 saturated heterocycles. The third kappa shape index (κ3) is 4.94. The lowest BCUT2D eigenvalue weighted by Gasteiger charge is -2.09. The normalized spacial score (nSPS) is 10.4. The number of thiazole rings is 1. The monoisotopic (exact) mass is 417 g/mol. The number of carbonyl (C=O) groups is 1. The van der Waals surface area contributed by atoms with Crippen molar-refractivity contribution in [3.63, 3.8) is 0 Å². The average Bonchev–Trinajstić information content (AvgIpc) is 3.18. The standard InChI is InChI=1S/C20H20ClN3O3S/c1-26-17-8-7-13(11-18(17)27-2)9-10-22-19(25)16-12-28-20(24-16)23-15-6-4-3-5-14(15)21/h3-8,11-12H,9-10H2,1-2H3,(H,22,25)(H,23,24). The number of rotatable bonds is 8. The van der Waals surface area contributed by atoms with Crippen LogP contribution in [0.3, 0.4) is 0 Å². The molecule has 0 bridgehead atoms. The first kappa shape index (κ1) is 20.0. The number of benzene rings is 2. The average molecular weight is 418 g/mol. The Morgan fingerprint density at radius 2 is 1.93 bits per heavy atom. The molecular weight excluding hydrogens is 398 g/mol. The van der Waals surface area contributed by atoms with Crippen LogP contribution in [0.5, 0.6) is 11.5 Å². The van der Waals surface area contributed by atoms with Crippen molar-refractivity contribution in [1.82, 2.24) is 10.3 Å². The summed E-state index contributed by atoms with van der Waals surface area (Å²) in [5.74, 6) is 1.13. The van der Waals surface area contributed by atoms with E-state index in [0.717, 1.165) is 11.3 Å². The highest BCUT2D eigenvalue weighted by Crippen LogP contribution is 2.28. The molecule has 3 aromatic rings. The van der Waals surface area contributed by atoms with Gasteiger partial charge < -0.3 is 20.1 Å². The predicted octanol–water partition coefficient (Wildman–Crippen LogP) is 4.53. The summed E-state index contributed by atoms with van der Waals surface area (Å²) in [5.41, 5.74) is 2.16. The lowest BCUT2D eigenvalue weighted by Crippen LogP contribution is -2.26. The summed E-state index contributed by atoms with van der Waals surface area (Å²) in [6.07, 6.45) is 0.668. The van der Waals surface area contributed by atoms with Crippen LogP contribution >= 0.6 is 22.9 Å². The summed E-state index contributed by atoms with van der Waals surface area (Å²) in [6, 6.07) is 13.1. The van der Waals surface area contributed by atoms with Gasteiger partial charge in [0.1, 0.15) is 5.69 Å². The highest BCUT2D eigenvalue weighted by atomic mass is 35.5. The van der Waals surface area contributed by atoms with Crippen LogP contribution in [0.15, 0.2) is 47.8 Å². The maximum atomic E-state index is 12.3. The topological polar surface area (TPSA) is 72.5 Å². The number of anilines is 2. The second-order valence-corrected chi connectivity index (χ2v) is 7.10. The number of para-hydroxylation sites is 1. The van der Waals surface area contributed by atoms with Gasteiger partial charge in [-0.1, -0.05) is 29.8 Å². The summed E-state index contributed by atoms with van der Waals surface area (Å²) in [6.45, 7) is 0.485. The maximum Gasteiger partial charge on any atom is 0.270 e. The Labute approximate surface area is 172 Å². The van der Waals surface area contributed by atoms with Gasteiger partial charge in [-0.05, 0) is 36.2 Å². The highest BCUT2D eigenvalue weighted by Gasteiger charge is 2.12. The van der Waals surface area contributed by atoms with Crippen molar-refractivity contribution in [3.8, 4) is 11.5 Å². The largest absolute Gasteiger partial charge is 0.493 e. The van der Waals surface area contributed by atoms with Crippen molar-refractivity contribution in [2.75, 3.05) is 26.1 Å². The van der Waals surface area contributed by atoms with Crippen LogP contribution in [0.2, 0.25) is 5.02 Å². The van der Waals surface area contributed by atoms with E-state index in [0.29, 0.717) is 40.3 Å². The molecule has 1 aromatic heterocycles. The molecule has 2 aromatic carbocycles. The molecule has 0 aliphatic rings. The van der Waals surface area contributed by atoms with Crippen molar-refractivity contribution in [3.05, 3.63) is 64.1 Å². The molecule has 146 valence electrons. The molecule has 1 amide bonds. The van der Waals surface area contributed by atoms with Gasteiger partial charge in [-0.2, -0.15) is 0 Å². The number of hydrogen-bond acceptors (Lipinski definition) is 6. The number of methoxy groups -OCH3 is 2. The Balaban J connectivity index is 1.54. The van der Waals surface area contributed by atoms with Crippen LogP contribution in [-0.2, 0) is 6.42 Å². The van der Waals surface area contributed by atoms with Gasteiger partial charge in [0.2, 0.25) is 0 Å². The Kier molecular flexibility index (Phi) is 6.73. The first-order chi connectivity index (χ1) is 13.6. The maximum absolute atomic E-state index is 12.3. The first-order valence-corrected chi connectivity index (χ1v) is 9.82. The van der Waals surface area contributed by atoms with Crippen LogP contribution in [0, 0.1) is 0 Å². The minimum atomic E-state index is -0.219. The number of aromatic nitrogens is 1. The van der Waals surface area contributed by atoms with Crippen LogP contribution in [0.25, 0.3) is 0 Å². The fraction of sp³-hybridized carbons (Fsp3) is 0.200. The molecule has 28 heavy (non-hydrogen) atoms. The molecule has 0 atom stereocenters. The van der Waals surface area contributed by atoms with Gasteiger partial charge in [0, 0.05) is 11.9 Å². The van der Waals surface area contributed by atoms with Crippen LogP contribution in [0.4, 0.5) is 10.8 Å². The zero-order valence-electron chi connectivity index (χ0n) is 15.5. The van der Waals surface area contributed by atoms with Gasteiger partial charge in [-0.3, -0.25) is 4.79 Å². The molecular formula is C20H20ClN3O3S. The smallest absolute Gasteiger partial charge is 0.270 e. The third-order valence-electron chi connectivity index (χ3n) is 4.00. The number of ether oxygens (including phenoxy) is 2. The number of hydrogen-bond donors (Lipinski definition) is 2. The fourth-order valence-electron chi connectivity index (χ4n) is 2.56. The summed E-state index contributed by atoms with van der Waals surface area (Å²) in [7, 11) is 3.19. The van der Waals surface area contributed by atoms with E-state index < -0.39 is 0 Å². The van der Waals surface area contributed by atoms with Crippen molar-refractivity contribution in [1.29, 1.82) is 0 Å². The van der Waals surface area contributed by atoms with Crippen molar-refractivity contribution in [2.45, 2.75) is 6.42 Å². The zero-order chi connectivity index (χ0) is 19.9. The van der Waals surface area contributed by atoms with Gasteiger partial charge in [0.25, 0.3) is 5.91 Å². The molecule has 0 radical (unpaired) electrons. The minimum Gasteiger partial charge on any atom is -0.493 e. The molecule has 0 spiro atoms. The molecule has 6 nitrogen and oxygen atoms in total. The van der Waals surface area contributed by atoms with Crippen molar-refractivity contribution >= 4 is 39.7 Å². The molecule has 0 aliphatic carbocycles. The van der Waals surface area contributed by atoms with E-state index in [1.807, 2.05) is 36.4 Å². The van der Waals surface area contributed by atoms with E-state index in [1.54, 1.807) is 25.7 Å². The molecule has 8 heteroatoms. The summed E-state index contributed by atoms with van der Waals surface area (Å²) >= 11 is 7.48. The van der Waals surface area contributed by atoms with Crippen LogP contribution in [0.1, 0.15) is 16.1 Å². The SMILES string of the molecule is COc1ccc(CCNC(=O)c2csc(Nc3ccccc3Cl)n2)cc1OC. The predicted molar refractivity (Wildman–Crippen MR) is 112 cm³/mol. The number of nitrogens with zero attached hydrogens (tertiary/aromatic N) is 1. The molecule has 1 heterocycles. The molecule has 0 unspecified atom stereocenters. The summed E-state index contributed by atoms with van der Waals surface area (Å²) < 4.78 is 10.5. The third-order valence-corrected chi connectivity index (χ3v) is 5.09. The van der Waals surface area contributed by atoms with Gasteiger partial charge in [-0.25, -0.2) is 4.98 Å². The van der Waals surface area contributed by atoms with Gasteiger partial charge in [0.05, 0.1) is 24.9 Å². The van der Waals surface area contributed by atoms with Gasteiger partial charge >= 0.3 is 0 Å². The Bertz CT molecular complexity index is 961. The summed E-state index contributed by atoms with van der Waals surface area (Å²) in [5, 5.41) is 8.92. The Hall–Kier alpha value is -2.77. The lowest BCUT2D eigenvalue weighted by atomic mass is 10.1. The van der Waals surface area contributed by atoms with Gasteiger partial charge in [0.15, 0.2) is 16.6 Å². The number of amides is 1. The van der Waals surface area contributed by atoms with Gasteiger partial charge in [-0.15, -0.1) is 11.3 Å². The number of carbonyl (C=O) groups excluding carboxylic acids is 1. The Morgan fingerprint density at radius 3 is 2.68 bits per heavy atom. The Morgan fingerprint density at radius 1 is 1.14 bits per heavy atom.